The number of urea groups is 1. The zero-order chi connectivity index (χ0) is 28.6. The molecule has 9 nitrogen and oxygen atoms in total. The van der Waals surface area contributed by atoms with E-state index in [0.29, 0.717) is 34.6 Å². The van der Waals surface area contributed by atoms with Crippen LogP contribution in [0.4, 0.5) is 20.7 Å². The van der Waals surface area contributed by atoms with Crippen molar-refractivity contribution in [2.75, 3.05) is 36.8 Å². The van der Waals surface area contributed by atoms with E-state index in [1.54, 1.807) is 54.7 Å². The van der Waals surface area contributed by atoms with Gasteiger partial charge in [0.05, 0.1) is 6.42 Å². The van der Waals surface area contributed by atoms with Crippen LogP contribution in [-0.4, -0.2) is 64.1 Å². The highest BCUT2D eigenvalue weighted by Crippen LogP contribution is 2.25. The number of amides is 3. The van der Waals surface area contributed by atoms with Gasteiger partial charge in [0.15, 0.2) is 5.11 Å². The summed E-state index contributed by atoms with van der Waals surface area (Å²) in [6, 6.07) is 16.6. The average molecular weight is 577 g/mol. The van der Waals surface area contributed by atoms with Crippen molar-refractivity contribution in [3.63, 3.8) is 0 Å². The SMILES string of the molecule is O=C(Cc1ccc(F)cc1)NC(=S)Nc1ccc(Oc2ccnc(NC(=O)N3CCC(N4CCCC4)CC3)c2)cc1. The molecule has 0 spiro atoms. The van der Waals surface area contributed by atoms with Crippen LogP contribution in [0.3, 0.4) is 0 Å². The molecule has 0 aliphatic carbocycles. The van der Waals surface area contributed by atoms with Crippen molar-refractivity contribution in [3.05, 3.63) is 78.2 Å². The fourth-order valence-electron chi connectivity index (χ4n) is 5.14. The second kappa shape index (κ2) is 13.5. The lowest BCUT2D eigenvalue weighted by atomic mass is 10.0. The van der Waals surface area contributed by atoms with Crippen LogP contribution >= 0.6 is 12.2 Å². The number of nitrogens with one attached hydrogen (secondary N) is 3. The molecular weight excluding hydrogens is 543 g/mol. The molecule has 2 aliphatic rings. The Morgan fingerprint density at radius 3 is 2.34 bits per heavy atom. The molecule has 3 heterocycles. The van der Waals surface area contributed by atoms with Gasteiger partial charge in [-0.25, -0.2) is 14.2 Å². The summed E-state index contributed by atoms with van der Waals surface area (Å²) >= 11 is 5.23. The van der Waals surface area contributed by atoms with E-state index < -0.39 is 0 Å². The number of rotatable bonds is 7. The van der Waals surface area contributed by atoms with E-state index in [1.807, 2.05) is 4.90 Å². The predicted octanol–water partition coefficient (Wildman–Crippen LogP) is 5.16. The molecule has 41 heavy (non-hydrogen) atoms. The number of aromatic nitrogens is 1. The number of carbonyl (C=O) groups excluding carboxylic acids is 2. The number of carbonyl (C=O) groups is 2. The first-order valence-corrected chi connectivity index (χ1v) is 14.2. The summed E-state index contributed by atoms with van der Waals surface area (Å²) in [5.74, 6) is 0.880. The van der Waals surface area contributed by atoms with Crippen LogP contribution < -0.4 is 20.7 Å². The lowest BCUT2D eigenvalue weighted by Gasteiger charge is -2.36. The van der Waals surface area contributed by atoms with Crippen molar-refractivity contribution >= 4 is 40.8 Å². The average Bonchev–Trinajstić information content (AvgIpc) is 3.51. The third-order valence-corrected chi connectivity index (χ3v) is 7.46. The van der Waals surface area contributed by atoms with Crippen molar-refractivity contribution < 1.29 is 18.7 Å². The van der Waals surface area contributed by atoms with Crippen LogP contribution in [0.15, 0.2) is 66.9 Å². The quantitative estimate of drug-likeness (QED) is 0.334. The molecule has 0 radical (unpaired) electrons. The summed E-state index contributed by atoms with van der Waals surface area (Å²) in [5.41, 5.74) is 1.35. The summed E-state index contributed by atoms with van der Waals surface area (Å²) in [6.45, 7) is 3.84. The van der Waals surface area contributed by atoms with Crippen molar-refractivity contribution in [2.24, 2.45) is 0 Å². The fraction of sp³-hybridized carbons (Fsp3) is 0.333. The number of halogens is 1. The zero-order valence-electron chi connectivity index (χ0n) is 22.6. The van der Waals surface area contributed by atoms with Gasteiger partial charge in [-0.05, 0) is 99.0 Å². The van der Waals surface area contributed by atoms with Gasteiger partial charge in [-0.2, -0.15) is 0 Å². The Labute approximate surface area is 244 Å². The Morgan fingerprint density at radius 2 is 1.63 bits per heavy atom. The van der Waals surface area contributed by atoms with E-state index in [1.165, 1.54) is 38.1 Å². The normalized spacial score (nSPS) is 15.8. The molecular formula is C30H33FN6O3S. The molecule has 5 rings (SSSR count). The van der Waals surface area contributed by atoms with E-state index in [4.69, 9.17) is 17.0 Å². The standard InChI is InChI=1S/C30H33FN6O3S/c31-22-5-3-21(4-6-22)19-28(38)35-29(41)33-23-7-9-25(10-8-23)40-26-11-14-32-27(20-26)34-30(39)37-17-12-24(13-18-37)36-15-1-2-16-36/h3-11,14,20,24H,1-2,12-13,15-19H2,(H,32,34,39)(H2,33,35,38,41). The minimum absolute atomic E-state index is 0.0838. The second-order valence-electron chi connectivity index (χ2n) is 10.2. The Kier molecular flexibility index (Phi) is 9.37. The van der Waals surface area contributed by atoms with E-state index in [9.17, 15) is 14.0 Å². The third-order valence-electron chi connectivity index (χ3n) is 7.25. The van der Waals surface area contributed by atoms with Gasteiger partial charge in [-0.3, -0.25) is 10.1 Å². The molecule has 0 atom stereocenters. The van der Waals surface area contributed by atoms with Crippen LogP contribution in [0.2, 0.25) is 0 Å². The molecule has 0 unspecified atom stereocenters. The Balaban J connectivity index is 1.07. The van der Waals surface area contributed by atoms with E-state index >= 15 is 0 Å². The van der Waals surface area contributed by atoms with E-state index in [0.717, 1.165) is 25.9 Å². The monoisotopic (exact) mass is 576 g/mol. The van der Waals surface area contributed by atoms with Crippen LogP contribution in [0.5, 0.6) is 11.5 Å². The first-order valence-electron chi connectivity index (χ1n) is 13.8. The second-order valence-corrected chi connectivity index (χ2v) is 10.6. The maximum atomic E-state index is 13.0. The molecule has 1 aromatic heterocycles. The summed E-state index contributed by atoms with van der Waals surface area (Å²) in [6.07, 6.45) is 6.24. The minimum atomic E-state index is -0.353. The van der Waals surface area contributed by atoms with Crippen LogP contribution in [-0.2, 0) is 11.2 Å². The van der Waals surface area contributed by atoms with Gasteiger partial charge in [0.1, 0.15) is 23.1 Å². The molecule has 3 aromatic rings. The van der Waals surface area contributed by atoms with Crippen LogP contribution in [0.1, 0.15) is 31.2 Å². The highest BCUT2D eigenvalue weighted by molar-refractivity contribution is 7.80. The molecule has 0 saturated carbocycles. The highest BCUT2D eigenvalue weighted by Gasteiger charge is 2.28. The molecule has 3 amide bonds. The number of hydrogen-bond acceptors (Lipinski definition) is 6. The first-order chi connectivity index (χ1) is 19.9. The van der Waals surface area contributed by atoms with Gasteiger partial charge in [-0.15, -0.1) is 0 Å². The maximum Gasteiger partial charge on any atom is 0.323 e. The number of ether oxygens (including phenoxy) is 1. The van der Waals surface area contributed by atoms with Crippen molar-refractivity contribution in [2.45, 2.75) is 38.1 Å². The third kappa shape index (κ3) is 8.21. The summed E-state index contributed by atoms with van der Waals surface area (Å²) in [4.78, 5) is 33.7. The molecule has 2 fully saturated rings. The van der Waals surface area contributed by atoms with Crippen molar-refractivity contribution in [1.29, 1.82) is 0 Å². The number of piperidine rings is 1. The number of benzene rings is 2. The number of thiocarbonyl (C=S) groups is 1. The lowest BCUT2D eigenvalue weighted by Crippen LogP contribution is -2.47. The van der Waals surface area contributed by atoms with Gasteiger partial charge >= 0.3 is 6.03 Å². The van der Waals surface area contributed by atoms with Crippen LogP contribution in [0.25, 0.3) is 0 Å². The fourth-order valence-corrected chi connectivity index (χ4v) is 5.37. The highest BCUT2D eigenvalue weighted by atomic mass is 32.1. The Bertz CT molecular complexity index is 1360. The zero-order valence-corrected chi connectivity index (χ0v) is 23.5. The molecule has 3 N–H and O–H groups in total. The summed E-state index contributed by atoms with van der Waals surface area (Å²) in [7, 11) is 0. The minimum Gasteiger partial charge on any atom is -0.457 e. The Hall–Kier alpha value is -4.09. The first kappa shape index (κ1) is 28.4. The topological polar surface area (TPSA) is 98.8 Å². The number of nitrogens with zero attached hydrogens (tertiary/aromatic N) is 3. The Morgan fingerprint density at radius 1 is 0.927 bits per heavy atom. The number of likely N-dealkylation sites (tertiary alicyclic amines) is 2. The molecule has 2 saturated heterocycles. The maximum absolute atomic E-state index is 13.0. The van der Waals surface area contributed by atoms with Gasteiger partial charge < -0.3 is 25.2 Å². The van der Waals surface area contributed by atoms with E-state index in [2.05, 4.69) is 25.8 Å². The summed E-state index contributed by atoms with van der Waals surface area (Å²) in [5, 5.41) is 8.62. The summed E-state index contributed by atoms with van der Waals surface area (Å²) < 4.78 is 19.0. The van der Waals surface area contributed by atoms with Crippen molar-refractivity contribution in [1.82, 2.24) is 20.1 Å². The van der Waals surface area contributed by atoms with Gasteiger partial charge in [0.2, 0.25) is 5.91 Å². The molecule has 214 valence electrons. The van der Waals surface area contributed by atoms with E-state index in [-0.39, 0.29) is 29.3 Å². The van der Waals surface area contributed by atoms with Crippen molar-refractivity contribution in [3.8, 4) is 11.5 Å². The molecule has 2 aromatic carbocycles. The largest absolute Gasteiger partial charge is 0.457 e. The number of anilines is 2. The number of pyridine rings is 1. The predicted molar refractivity (Wildman–Crippen MR) is 160 cm³/mol. The lowest BCUT2D eigenvalue weighted by molar-refractivity contribution is -0.119. The molecule has 0 bridgehead atoms. The molecule has 11 heteroatoms. The van der Waals surface area contributed by atoms with Gasteiger partial charge in [0.25, 0.3) is 0 Å². The van der Waals surface area contributed by atoms with Crippen LogP contribution in [0, 0.1) is 5.82 Å². The molecule has 2 aliphatic heterocycles. The smallest absolute Gasteiger partial charge is 0.323 e. The van der Waals surface area contributed by atoms with Gasteiger partial charge in [-0.1, -0.05) is 12.1 Å². The number of hydrogen-bond donors (Lipinski definition) is 3. The van der Waals surface area contributed by atoms with Gasteiger partial charge in [0, 0.05) is 37.1 Å².